The first-order chi connectivity index (χ1) is 9.26. The van der Waals surface area contributed by atoms with Gasteiger partial charge in [-0.05, 0) is 11.1 Å². The Balaban J connectivity index is 1.94. The number of benzene rings is 1. The van der Waals surface area contributed by atoms with E-state index in [1.54, 1.807) is 7.05 Å². The number of hydrogen-bond donors (Lipinski definition) is 2. The summed E-state index contributed by atoms with van der Waals surface area (Å²) in [5.41, 5.74) is 2.27. The number of carbonyl (C=O) groups excluding carboxylic acids is 1. The number of likely N-dealkylation sites (N-methyl/N-ethyl adjacent to an activating group) is 1. The molecule has 2 N–H and O–H groups in total. The summed E-state index contributed by atoms with van der Waals surface area (Å²) in [5, 5.41) is 6.24. The van der Waals surface area contributed by atoms with Gasteiger partial charge in [-0.15, -0.1) is 0 Å². The number of hydrogen-bond acceptors (Lipinski definition) is 3. The molecule has 1 aromatic rings. The highest BCUT2D eigenvalue weighted by Crippen LogP contribution is 2.35. The average molecular weight is 259 g/mol. The van der Waals surface area contributed by atoms with Crippen LogP contribution in [0.15, 0.2) is 24.3 Å². The van der Waals surface area contributed by atoms with Crippen LogP contribution in [0, 0.1) is 0 Å². The maximum Gasteiger partial charge on any atom is 0.240 e. The molecular weight excluding hydrogens is 238 g/mol. The predicted octanol–water partition coefficient (Wildman–Crippen LogP) is 0.175. The summed E-state index contributed by atoms with van der Waals surface area (Å²) < 4.78 is 0. The second-order valence-corrected chi connectivity index (χ2v) is 5.47. The molecule has 0 aromatic heterocycles. The van der Waals surface area contributed by atoms with Crippen molar-refractivity contribution in [3.63, 3.8) is 0 Å². The quantitative estimate of drug-likeness (QED) is 0.796. The summed E-state index contributed by atoms with van der Waals surface area (Å²) in [6.07, 6.45) is 1.67. The van der Waals surface area contributed by atoms with Crippen molar-refractivity contribution in [1.29, 1.82) is 0 Å². The fraction of sp³-hybridized carbons (Fsp3) is 0.533. The van der Waals surface area contributed by atoms with Crippen LogP contribution in [-0.2, 0) is 17.6 Å². The molecule has 1 amide bonds. The molecule has 1 aliphatic carbocycles. The Morgan fingerprint density at radius 1 is 1.21 bits per heavy atom. The van der Waals surface area contributed by atoms with Crippen molar-refractivity contribution in [2.45, 2.75) is 18.4 Å². The van der Waals surface area contributed by atoms with E-state index in [1.807, 2.05) is 0 Å². The van der Waals surface area contributed by atoms with Gasteiger partial charge in [-0.2, -0.15) is 0 Å². The van der Waals surface area contributed by atoms with Crippen LogP contribution >= 0.6 is 0 Å². The zero-order valence-electron chi connectivity index (χ0n) is 11.4. The van der Waals surface area contributed by atoms with E-state index in [4.69, 9.17) is 0 Å². The summed E-state index contributed by atoms with van der Waals surface area (Å²) >= 11 is 0. The maximum absolute atomic E-state index is 12.5. The number of rotatable bonds is 2. The Labute approximate surface area is 114 Å². The maximum atomic E-state index is 12.5. The Morgan fingerprint density at radius 3 is 2.32 bits per heavy atom. The lowest BCUT2D eigenvalue weighted by Gasteiger charge is -2.42. The van der Waals surface area contributed by atoms with E-state index < -0.39 is 0 Å². The molecule has 4 heteroatoms. The summed E-state index contributed by atoms with van der Waals surface area (Å²) in [6, 6.07) is 8.44. The largest absolute Gasteiger partial charge is 0.358 e. The van der Waals surface area contributed by atoms with Gasteiger partial charge in [0.1, 0.15) is 5.54 Å². The topological polar surface area (TPSA) is 44.4 Å². The summed E-state index contributed by atoms with van der Waals surface area (Å²) in [4.78, 5) is 14.9. The van der Waals surface area contributed by atoms with Gasteiger partial charge in [-0.1, -0.05) is 24.3 Å². The molecule has 0 saturated carbocycles. The van der Waals surface area contributed by atoms with Crippen molar-refractivity contribution in [3.8, 4) is 0 Å². The molecule has 1 saturated heterocycles. The molecule has 0 bridgehead atoms. The zero-order chi connectivity index (χ0) is 13.3. The fourth-order valence-corrected chi connectivity index (χ4v) is 3.45. The SMILES string of the molecule is CNC(=O)C1(N2CCNCC2)Cc2ccccc2C1. The molecule has 1 fully saturated rings. The van der Waals surface area contributed by atoms with E-state index in [0.717, 1.165) is 39.0 Å². The first-order valence-electron chi connectivity index (χ1n) is 7.01. The third kappa shape index (κ3) is 2.05. The van der Waals surface area contributed by atoms with Crippen LogP contribution in [-0.4, -0.2) is 49.6 Å². The van der Waals surface area contributed by atoms with Crippen molar-refractivity contribution < 1.29 is 4.79 Å². The lowest BCUT2D eigenvalue weighted by atomic mass is 9.91. The highest BCUT2D eigenvalue weighted by molar-refractivity contribution is 5.88. The van der Waals surface area contributed by atoms with Crippen molar-refractivity contribution in [2.75, 3.05) is 33.2 Å². The molecule has 1 heterocycles. The van der Waals surface area contributed by atoms with Crippen LogP contribution in [0.2, 0.25) is 0 Å². The van der Waals surface area contributed by atoms with E-state index in [0.29, 0.717) is 0 Å². The summed E-state index contributed by atoms with van der Waals surface area (Å²) in [5.74, 6) is 0.158. The molecule has 0 spiro atoms. The third-order valence-electron chi connectivity index (χ3n) is 4.46. The Kier molecular flexibility index (Phi) is 3.29. The summed E-state index contributed by atoms with van der Waals surface area (Å²) in [6.45, 7) is 3.83. The van der Waals surface area contributed by atoms with E-state index >= 15 is 0 Å². The molecule has 19 heavy (non-hydrogen) atoms. The van der Waals surface area contributed by atoms with E-state index in [9.17, 15) is 4.79 Å². The molecule has 0 atom stereocenters. The second kappa shape index (κ2) is 4.94. The van der Waals surface area contributed by atoms with E-state index in [1.165, 1.54) is 11.1 Å². The van der Waals surface area contributed by atoms with Crippen LogP contribution in [0.25, 0.3) is 0 Å². The van der Waals surface area contributed by atoms with Gasteiger partial charge in [-0.3, -0.25) is 9.69 Å². The molecule has 3 rings (SSSR count). The zero-order valence-corrected chi connectivity index (χ0v) is 11.4. The van der Waals surface area contributed by atoms with Gasteiger partial charge < -0.3 is 10.6 Å². The second-order valence-electron chi connectivity index (χ2n) is 5.47. The van der Waals surface area contributed by atoms with Crippen LogP contribution in [0.4, 0.5) is 0 Å². The fourth-order valence-electron chi connectivity index (χ4n) is 3.45. The monoisotopic (exact) mass is 259 g/mol. The number of amides is 1. The molecular formula is C15H21N3O. The third-order valence-corrected chi connectivity index (χ3v) is 4.46. The minimum Gasteiger partial charge on any atom is -0.358 e. The van der Waals surface area contributed by atoms with Gasteiger partial charge in [-0.25, -0.2) is 0 Å². The molecule has 2 aliphatic rings. The van der Waals surface area contributed by atoms with Gasteiger partial charge in [0.25, 0.3) is 0 Å². The highest BCUT2D eigenvalue weighted by Gasteiger charge is 2.47. The molecule has 0 radical (unpaired) electrons. The van der Waals surface area contributed by atoms with Gasteiger partial charge >= 0.3 is 0 Å². The standard InChI is InChI=1S/C15H21N3O/c1-16-14(19)15(18-8-6-17-7-9-18)10-12-4-2-3-5-13(12)11-15/h2-5,17H,6-11H2,1H3,(H,16,19). The minimum atomic E-state index is -0.374. The number of carbonyl (C=O) groups is 1. The van der Waals surface area contributed by atoms with Gasteiger partial charge in [0.05, 0.1) is 0 Å². The van der Waals surface area contributed by atoms with Crippen molar-refractivity contribution in [3.05, 3.63) is 35.4 Å². The van der Waals surface area contributed by atoms with Crippen molar-refractivity contribution >= 4 is 5.91 Å². The summed E-state index contributed by atoms with van der Waals surface area (Å²) in [7, 11) is 1.75. The van der Waals surface area contributed by atoms with Gasteiger partial charge in [0.2, 0.25) is 5.91 Å². The Hall–Kier alpha value is -1.39. The van der Waals surface area contributed by atoms with Gasteiger partial charge in [0.15, 0.2) is 0 Å². The van der Waals surface area contributed by atoms with E-state index in [2.05, 4.69) is 39.8 Å². The normalized spacial score (nSPS) is 21.9. The van der Waals surface area contributed by atoms with Crippen LogP contribution < -0.4 is 10.6 Å². The highest BCUT2D eigenvalue weighted by atomic mass is 16.2. The van der Waals surface area contributed by atoms with Gasteiger partial charge in [0, 0.05) is 46.1 Å². The molecule has 4 nitrogen and oxygen atoms in total. The van der Waals surface area contributed by atoms with E-state index in [-0.39, 0.29) is 11.4 Å². The predicted molar refractivity (Wildman–Crippen MR) is 75.1 cm³/mol. The molecule has 0 unspecified atom stereocenters. The Bertz CT molecular complexity index is 455. The molecule has 1 aromatic carbocycles. The molecule has 1 aliphatic heterocycles. The Morgan fingerprint density at radius 2 is 1.79 bits per heavy atom. The van der Waals surface area contributed by atoms with Crippen molar-refractivity contribution in [1.82, 2.24) is 15.5 Å². The van der Waals surface area contributed by atoms with Crippen LogP contribution in [0.1, 0.15) is 11.1 Å². The number of nitrogens with zero attached hydrogens (tertiary/aromatic N) is 1. The van der Waals surface area contributed by atoms with Crippen molar-refractivity contribution in [2.24, 2.45) is 0 Å². The number of nitrogens with one attached hydrogen (secondary N) is 2. The van der Waals surface area contributed by atoms with Crippen LogP contribution in [0.5, 0.6) is 0 Å². The first-order valence-corrected chi connectivity index (χ1v) is 7.01. The average Bonchev–Trinajstić information content (AvgIpc) is 2.88. The number of fused-ring (bicyclic) bond motifs is 1. The lowest BCUT2D eigenvalue weighted by molar-refractivity contribution is -0.133. The lowest BCUT2D eigenvalue weighted by Crippen LogP contribution is -2.63. The first kappa shape index (κ1) is 12.6. The molecule has 102 valence electrons. The minimum absolute atomic E-state index is 0.158. The number of piperazine rings is 1. The van der Waals surface area contributed by atoms with Crippen LogP contribution in [0.3, 0.4) is 0 Å². The smallest absolute Gasteiger partial charge is 0.240 e.